The summed E-state index contributed by atoms with van der Waals surface area (Å²) in [5.41, 5.74) is 7.90. The van der Waals surface area contributed by atoms with Crippen LogP contribution in [0, 0.1) is 23.7 Å². The van der Waals surface area contributed by atoms with E-state index in [-0.39, 0.29) is 0 Å². The summed E-state index contributed by atoms with van der Waals surface area (Å²) in [6, 6.07) is 8.21. The molecule has 0 radical (unpaired) electrons. The average Bonchev–Trinajstić information content (AvgIpc) is 2.43. The zero-order chi connectivity index (χ0) is 13.5. The summed E-state index contributed by atoms with van der Waals surface area (Å²) in [7, 11) is 0. The van der Waals surface area contributed by atoms with Gasteiger partial charge in [0.2, 0.25) is 0 Å². The van der Waals surface area contributed by atoms with E-state index in [2.05, 4.69) is 12.1 Å². The van der Waals surface area contributed by atoms with Gasteiger partial charge in [0.25, 0.3) is 0 Å². The largest absolute Gasteiger partial charge is 0.399 e. The summed E-state index contributed by atoms with van der Waals surface area (Å²) in [6.07, 6.45) is 8.88. The number of hydrogen-bond acceptors (Lipinski definition) is 2. The van der Waals surface area contributed by atoms with Crippen LogP contribution in [0.15, 0.2) is 24.3 Å². The van der Waals surface area contributed by atoms with Gasteiger partial charge in [-0.25, -0.2) is 0 Å². The molecule has 4 saturated carbocycles. The molecule has 2 N–H and O–H groups in total. The number of nitrogens with two attached hydrogens (primary N) is 1. The van der Waals surface area contributed by atoms with E-state index in [4.69, 9.17) is 10.5 Å². The minimum Gasteiger partial charge on any atom is -0.399 e. The lowest BCUT2D eigenvalue weighted by molar-refractivity contribution is -0.125. The second-order valence-corrected chi connectivity index (χ2v) is 7.26. The van der Waals surface area contributed by atoms with E-state index in [9.17, 15) is 0 Å². The molecule has 0 saturated heterocycles. The number of benzene rings is 1. The normalized spacial score (nSPS) is 38.3. The van der Waals surface area contributed by atoms with Gasteiger partial charge in [-0.05, 0) is 79.9 Å². The first-order chi connectivity index (χ1) is 9.78. The van der Waals surface area contributed by atoms with E-state index in [1.807, 2.05) is 12.1 Å². The Morgan fingerprint density at radius 2 is 1.50 bits per heavy atom. The Labute approximate surface area is 121 Å². The monoisotopic (exact) mass is 271 g/mol. The van der Waals surface area contributed by atoms with Gasteiger partial charge in [0.05, 0.1) is 12.7 Å². The highest BCUT2D eigenvalue weighted by Gasteiger charge is 2.48. The van der Waals surface area contributed by atoms with Crippen molar-refractivity contribution in [3.8, 4) is 0 Å². The van der Waals surface area contributed by atoms with E-state index in [0.29, 0.717) is 6.10 Å². The molecule has 4 aliphatic rings. The van der Waals surface area contributed by atoms with Gasteiger partial charge < -0.3 is 10.5 Å². The summed E-state index contributed by atoms with van der Waals surface area (Å²) >= 11 is 0. The molecule has 0 aliphatic heterocycles. The second-order valence-electron chi connectivity index (χ2n) is 7.26. The van der Waals surface area contributed by atoms with E-state index in [0.717, 1.165) is 42.4 Å². The molecule has 4 aliphatic carbocycles. The van der Waals surface area contributed by atoms with Gasteiger partial charge in [0.15, 0.2) is 0 Å². The molecule has 4 fully saturated rings. The van der Waals surface area contributed by atoms with E-state index >= 15 is 0 Å². The topological polar surface area (TPSA) is 35.2 Å². The molecule has 20 heavy (non-hydrogen) atoms. The van der Waals surface area contributed by atoms with Gasteiger partial charge in [-0.2, -0.15) is 0 Å². The molecule has 2 heteroatoms. The Balaban J connectivity index is 1.32. The molecule has 0 amide bonds. The molecule has 4 bridgehead atoms. The maximum Gasteiger partial charge on any atom is 0.0631 e. The molecule has 0 spiro atoms. The first-order valence-corrected chi connectivity index (χ1v) is 8.24. The van der Waals surface area contributed by atoms with Gasteiger partial charge >= 0.3 is 0 Å². The Morgan fingerprint density at radius 3 is 2.10 bits per heavy atom. The zero-order valence-corrected chi connectivity index (χ0v) is 12.1. The van der Waals surface area contributed by atoms with Crippen molar-refractivity contribution in [3.63, 3.8) is 0 Å². The van der Waals surface area contributed by atoms with Crippen LogP contribution in [0.25, 0.3) is 0 Å². The van der Waals surface area contributed by atoms with Gasteiger partial charge in [-0.15, -0.1) is 0 Å². The molecule has 0 atom stereocenters. The maximum atomic E-state index is 6.32. The van der Waals surface area contributed by atoms with Crippen LogP contribution in [0.3, 0.4) is 0 Å². The predicted molar refractivity (Wildman–Crippen MR) is 81.3 cm³/mol. The summed E-state index contributed by atoms with van der Waals surface area (Å²) < 4.78 is 6.32. The summed E-state index contributed by atoms with van der Waals surface area (Å²) in [4.78, 5) is 0. The third-order valence-electron chi connectivity index (χ3n) is 5.82. The van der Waals surface area contributed by atoms with Crippen LogP contribution in [-0.4, -0.2) is 12.7 Å². The molecular weight excluding hydrogens is 246 g/mol. The standard InChI is InChI=1S/C18H25NO/c19-17-3-1-12(2-4-17)5-6-20-18-15-8-13-7-14(10-15)11-16(18)9-13/h1-4,13-16,18H,5-11,19H2. The molecule has 1 aromatic carbocycles. The number of rotatable bonds is 4. The Bertz CT molecular complexity index is 439. The van der Waals surface area contributed by atoms with Crippen LogP contribution in [0.1, 0.15) is 37.7 Å². The lowest BCUT2D eigenvalue weighted by atomic mass is 9.55. The summed E-state index contributed by atoms with van der Waals surface area (Å²) in [5.74, 6) is 3.82. The van der Waals surface area contributed by atoms with Gasteiger partial charge in [0.1, 0.15) is 0 Å². The molecule has 108 valence electrons. The average molecular weight is 271 g/mol. The van der Waals surface area contributed by atoms with Crippen LogP contribution in [0.5, 0.6) is 0 Å². The molecular formula is C18H25NO. The van der Waals surface area contributed by atoms with Crippen molar-refractivity contribution in [3.05, 3.63) is 29.8 Å². The number of anilines is 1. The van der Waals surface area contributed by atoms with Crippen LogP contribution >= 0.6 is 0 Å². The van der Waals surface area contributed by atoms with Crippen molar-refractivity contribution >= 4 is 5.69 Å². The molecule has 0 aromatic heterocycles. The highest BCUT2D eigenvalue weighted by molar-refractivity contribution is 5.39. The van der Waals surface area contributed by atoms with Crippen molar-refractivity contribution in [2.24, 2.45) is 23.7 Å². The number of hydrogen-bond donors (Lipinski definition) is 1. The summed E-state index contributed by atoms with van der Waals surface area (Å²) in [5, 5.41) is 0. The number of ether oxygens (including phenoxy) is 1. The lowest BCUT2D eigenvalue weighted by Gasteiger charge is -2.54. The van der Waals surface area contributed by atoms with Crippen molar-refractivity contribution in [1.82, 2.24) is 0 Å². The smallest absolute Gasteiger partial charge is 0.0631 e. The zero-order valence-electron chi connectivity index (χ0n) is 12.1. The van der Waals surface area contributed by atoms with Crippen molar-refractivity contribution in [2.75, 3.05) is 12.3 Å². The SMILES string of the molecule is Nc1ccc(CCOC2C3CC4CC(C3)CC2C4)cc1. The Hall–Kier alpha value is -1.02. The van der Waals surface area contributed by atoms with Crippen molar-refractivity contribution in [2.45, 2.75) is 44.6 Å². The maximum absolute atomic E-state index is 6.32. The third kappa shape index (κ3) is 2.35. The van der Waals surface area contributed by atoms with Gasteiger partial charge in [-0.3, -0.25) is 0 Å². The third-order valence-corrected chi connectivity index (χ3v) is 5.82. The molecule has 0 heterocycles. The fourth-order valence-electron chi connectivity index (χ4n) is 5.14. The fraction of sp³-hybridized carbons (Fsp3) is 0.667. The van der Waals surface area contributed by atoms with E-state index in [1.54, 1.807) is 0 Å². The van der Waals surface area contributed by atoms with Crippen molar-refractivity contribution < 1.29 is 4.74 Å². The van der Waals surface area contributed by atoms with Gasteiger partial charge in [0, 0.05) is 5.69 Å². The molecule has 0 unspecified atom stereocenters. The molecule has 5 rings (SSSR count). The Morgan fingerprint density at radius 1 is 0.900 bits per heavy atom. The second kappa shape index (κ2) is 5.07. The van der Waals surface area contributed by atoms with Crippen LogP contribution in [-0.2, 0) is 11.2 Å². The van der Waals surface area contributed by atoms with Crippen molar-refractivity contribution in [1.29, 1.82) is 0 Å². The first kappa shape index (κ1) is 12.7. The van der Waals surface area contributed by atoms with Crippen LogP contribution < -0.4 is 5.73 Å². The highest BCUT2D eigenvalue weighted by Crippen LogP contribution is 2.54. The minimum absolute atomic E-state index is 0.566. The first-order valence-electron chi connectivity index (χ1n) is 8.24. The van der Waals surface area contributed by atoms with Gasteiger partial charge in [-0.1, -0.05) is 12.1 Å². The van der Waals surface area contributed by atoms with Crippen LogP contribution in [0.2, 0.25) is 0 Å². The highest BCUT2D eigenvalue weighted by atomic mass is 16.5. The van der Waals surface area contributed by atoms with Crippen LogP contribution in [0.4, 0.5) is 5.69 Å². The minimum atomic E-state index is 0.566. The number of nitrogen functional groups attached to an aromatic ring is 1. The summed E-state index contributed by atoms with van der Waals surface area (Å²) in [6.45, 7) is 0.872. The Kier molecular flexibility index (Phi) is 3.22. The quantitative estimate of drug-likeness (QED) is 0.848. The van der Waals surface area contributed by atoms with E-state index < -0.39 is 0 Å². The molecule has 2 nitrogen and oxygen atoms in total. The lowest BCUT2D eigenvalue weighted by Crippen LogP contribution is -2.49. The molecule has 1 aromatic rings. The van der Waals surface area contributed by atoms with E-state index in [1.165, 1.54) is 37.7 Å². The predicted octanol–water partition coefficient (Wildman–Crippen LogP) is 3.65. The fourth-order valence-corrected chi connectivity index (χ4v) is 5.14.